The van der Waals surface area contributed by atoms with Gasteiger partial charge in [-0.2, -0.15) is 27.2 Å². The van der Waals surface area contributed by atoms with Crippen molar-refractivity contribution in [3.05, 3.63) is 78.2 Å². The van der Waals surface area contributed by atoms with Crippen LogP contribution in [0.2, 0.25) is 0 Å². The van der Waals surface area contributed by atoms with E-state index in [1.807, 2.05) is 51.5 Å². The molecule has 0 bridgehead atoms. The Hall–Kier alpha value is -0.706. The van der Waals surface area contributed by atoms with Crippen LogP contribution >= 0.6 is 0 Å². The zero-order chi connectivity index (χ0) is 18.0. The van der Waals surface area contributed by atoms with E-state index in [-0.39, 0.29) is 21.7 Å². The Labute approximate surface area is 166 Å². The Morgan fingerprint density at radius 3 is 1.29 bits per heavy atom. The smallest absolute Gasteiger partial charge is 0.665 e. The monoisotopic (exact) mass is 365 g/mol. The van der Waals surface area contributed by atoms with Crippen molar-refractivity contribution in [1.29, 1.82) is 0 Å². The van der Waals surface area contributed by atoms with E-state index >= 15 is 0 Å². The van der Waals surface area contributed by atoms with E-state index in [0.29, 0.717) is 0 Å². The topological polar surface area (TPSA) is 42.3 Å². The van der Waals surface area contributed by atoms with Gasteiger partial charge in [0.25, 0.3) is 0 Å². The van der Waals surface area contributed by atoms with Crippen LogP contribution in [0.3, 0.4) is 0 Å². The SMILES string of the molecule is C=CCC[N-]C.C=CCC[N-]C.C=CCC[N-]C.[C-]1=CC=CC1.[Ti+4]. The summed E-state index contributed by atoms with van der Waals surface area (Å²) >= 11 is 0. The van der Waals surface area contributed by atoms with Crippen molar-refractivity contribution in [1.82, 2.24) is 0 Å². The van der Waals surface area contributed by atoms with Gasteiger partial charge in [-0.05, 0) is 0 Å². The molecule has 0 aromatic carbocycles. The molecule has 0 amide bonds. The largest absolute Gasteiger partial charge is 4.00 e. The van der Waals surface area contributed by atoms with E-state index < -0.39 is 0 Å². The van der Waals surface area contributed by atoms with Crippen LogP contribution in [0.5, 0.6) is 0 Å². The second-order valence-corrected chi connectivity index (χ2v) is 4.35. The van der Waals surface area contributed by atoms with Gasteiger partial charge >= 0.3 is 21.7 Å². The zero-order valence-electron chi connectivity index (χ0n) is 15.9. The van der Waals surface area contributed by atoms with Crippen molar-refractivity contribution in [2.45, 2.75) is 25.7 Å². The third kappa shape index (κ3) is 49.6. The first-order valence-electron chi connectivity index (χ1n) is 7.96. The molecule has 3 nitrogen and oxygen atoms in total. The Morgan fingerprint density at radius 2 is 1.21 bits per heavy atom. The maximum Gasteiger partial charge on any atom is 4.00 e. The van der Waals surface area contributed by atoms with Crippen LogP contribution in [0, 0.1) is 6.08 Å². The van der Waals surface area contributed by atoms with Crippen LogP contribution < -0.4 is 0 Å². The van der Waals surface area contributed by atoms with Crippen LogP contribution in [0.25, 0.3) is 16.0 Å². The predicted octanol–water partition coefficient (Wildman–Crippen LogP) is 6.00. The van der Waals surface area contributed by atoms with E-state index in [2.05, 4.69) is 47.8 Å². The van der Waals surface area contributed by atoms with Gasteiger partial charge < -0.3 is 16.0 Å². The Balaban J connectivity index is -0.000000110. The average molecular weight is 365 g/mol. The molecule has 0 unspecified atom stereocenters. The molecule has 0 heterocycles. The predicted molar refractivity (Wildman–Crippen MR) is 108 cm³/mol. The second kappa shape index (κ2) is 38.1. The van der Waals surface area contributed by atoms with E-state index in [1.165, 1.54) is 0 Å². The molecule has 1 rings (SSSR count). The van der Waals surface area contributed by atoms with Crippen LogP contribution in [0.1, 0.15) is 25.7 Å². The Bertz CT molecular complexity index is 248. The summed E-state index contributed by atoms with van der Waals surface area (Å²) in [6, 6.07) is 0. The minimum atomic E-state index is 0. The summed E-state index contributed by atoms with van der Waals surface area (Å²) in [7, 11) is 5.43. The van der Waals surface area contributed by atoms with Crippen molar-refractivity contribution >= 4 is 0 Å². The fourth-order valence-electron chi connectivity index (χ4n) is 1.00. The van der Waals surface area contributed by atoms with Gasteiger partial charge in [0, 0.05) is 0 Å². The van der Waals surface area contributed by atoms with E-state index in [4.69, 9.17) is 0 Å². The van der Waals surface area contributed by atoms with Gasteiger partial charge in [-0.3, -0.25) is 6.08 Å². The van der Waals surface area contributed by atoms with Gasteiger partial charge in [0.05, 0.1) is 0 Å². The normalized spacial score (nSPS) is 9.79. The summed E-state index contributed by atoms with van der Waals surface area (Å²) in [6.45, 7) is 13.4. The maximum atomic E-state index is 3.85. The molecule has 0 saturated carbocycles. The van der Waals surface area contributed by atoms with Crippen LogP contribution in [0.15, 0.2) is 56.2 Å². The molecule has 0 radical (unpaired) electrons. The molecule has 0 aromatic heterocycles. The molecule has 1 aliphatic rings. The minimum Gasteiger partial charge on any atom is -0.665 e. The van der Waals surface area contributed by atoms with Gasteiger partial charge in [0.2, 0.25) is 0 Å². The van der Waals surface area contributed by atoms with Crippen LogP contribution in [-0.2, 0) is 21.7 Å². The number of allylic oxidation sites excluding steroid dienone is 4. The average Bonchev–Trinajstić information content (AvgIpc) is 3.17. The van der Waals surface area contributed by atoms with Crippen LogP contribution in [0.4, 0.5) is 0 Å². The minimum absolute atomic E-state index is 0. The van der Waals surface area contributed by atoms with Crippen molar-refractivity contribution in [3.63, 3.8) is 0 Å². The number of nitrogens with zero attached hydrogens (tertiary/aromatic N) is 3. The summed E-state index contributed by atoms with van der Waals surface area (Å²) in [5, 5.41) is 11.6. The summed E-state index contributed by atoms with van der Waals surface area (Å²) in [6.07, 6.45) is 18.6. The van der Waals surface area contributed by atoms with Gasteiger partial charge in [-0.15, -0.1) is 45.8 Å². The van der Waals surface area contributed by atoms with Gasteiger partial charge in [-0.1, -0.05) is 37.5 Å². The van der Waals surface area contributed by atoms with Crippen molar-refractivity contribution in [2.75, 3.05) is 40.8 Å². The molecule has 24 heavy (non-hydrogen) atoms. The van der Waals surface area contributed by atoms with Crippen molar-refractivity contribution in [3.8, 4) is 0 Å². The second-order valence-electron chi connectivity index (χ2n) is 4.35. The first-order chi connectivity index (χ1) is 11.2. The summed E-state index contributed by atoms with van der Waals surface area (Å²) in [5.41, 5.74) is 0. The van der Waals surface area contributed by atoms with Gasteiger partial charge in [0.15, 0.2) is 0 Å². The van der Waals surface area contributed by atoms with E-state index in [0.717, 1.165) is 45.3 Å². The summed E-state index contributed by atoms with van der Waals surface area (Å²) in [5.74, 6) is 0. The fraction of sp³-hybridized carbons (Fsp3) is 0.500. The van der Waals surface area contributed by atoms with Crippen molar-refractivity contribution in [2.24, 2.45) is 0 Å². The summed E-state index contributed by atoms with van der Waals surface area (Å²) < 4.78 is 0. The molecule has 0 saturated heterocycles. The first-order valence-corrected chi connectivity index (χ1v) is 7.96. The molecule has 1 aliphatic carbocycles. The Morgan fingerprint density at radius 1 is 0.833 bits per heavy atom. The Kier molecular flexibility index (Phi) is 49.3. The van der Waals surface area contributed by atoms with Gasteiger partial charge in [-0.25, -0.2) is 12.2 Å². The third-order valence-corrected chi connectivity index (χ3v) is 2.26. The molecular formula is C20H35N3Ti. The molecular weight excluding hydrogens is 330 g/mol. The maximum absolute atomic E-state index is 3.85. The first kappa shape index (κ1) is 31.1. The van der Waals surface area contributed by atoms with E-state index in [9.17, 15) is 0 Å². The zero-order valence-corrected chi connectivity index (χ0v) is 17.4. The standard InChI is InChI=1S/3C5H10N.C5H5.Ti/c3*1-3-4-5-6-2;1-2-4-5-3-1;/h3*3H,1,4-5H2,2H3;1-3H,4H2;/q4*-1;+4. The molecule has 134 valence electrons. The number of rotatable bonds is 9. The quantitative estimate of drug-likeness (QED) is 0.208. The van der Waals surface area contributed by atoms with Crippen molar-refractivity contribution < 1.29 is 21.7 Å². The molecule has 0 fully saturated rings. The number of hydrogen-bond donors (Lipinski definition) is 0. The fourth-order valence-corrected chi connectivity index (χ4v) is 1.00. The number of hydrogen-bond acceptors (Lipinski definition) is 0. The molecule has 4 heteroatoms. The van der Waals surface area contributed by atoms with Crippen LogP contribution in [-0.4, -0.2) is 40.8 Å². The molecule has 0 N–H and O–H groups in total. The third-order valence-electron chi connectivity index (χ3n) is 2.26. The molecule has 0 aliphatic heterocycles. The molecule has 0 aromatic rings. The molecule has 0 spiro atoms. The van der Waals surface area contributed by atoms with Gasteiger partial charge in [0.1, 0.15) is 0 Å². The summed E-state index contributed by atoms with van der Waals surface area (Å²) in [4.78, 5) is 0. The molecule has 0 atom stereocenters. The van der Waals surface area contributed by atoms with E-state index in [1.54, 1.807) is 0 Å².